The van der Waals surface area contributed by atoms with E-state index in [0.29, 0.717) is 11.1 Å². The number of aliphatic hydroxyl groups is 4. The lowest BCUT2D eigenvalue weighted by atomic mass is 9.84. The molecule has 0 spiro atoms. The fourth-order valence-electron chi connectivity index (χ4n) is 5.66. The largest absolute Gasteiger partial charge is 0.504 e. The Kier molecular flexibility index (Phi) is 8.27. The van der Waals surface area contributed by atoms with Crippen LogP contribution in [-0.4, -0.2) is 102 Å². The van der Waals surface area contributed by atoms with Gasteiger partial charge in [0.1, 0.15) is 24.4 Å². The first-order chi connectivity index (χ1) is 19.2. The molecule has 2 aromatic rings. The molecule has 220 valence electrons. The number of benzene rings is 2. The molecule has 0 amide bonds. The SMILES string of the molecule is COc1cc([C@H]2OC[C@H]3[C@@H]2[C@@H](O[C@@H]2O[C@H](CO)[C@@H](O)[C@H](O)[C@H]2O)O[C@H]3c2cc(OC)c(O)c(OC)c2)ccc1O. The Labute approximate surface area is 230 Å². The van der Waals surface area contributed by atoms with E-state index in [1.54, 1.807) is 24.3 Å². The normalized spacial score (nSPS) is 35.4. The summed E-state index contributed by atoms with van der Waals surface area (Å²) in [6, 6.07) is 8.06. The van der Waals surface area contributed by atoms with Gasteiger partial charge in [-0.25, -0.2) is 0 Å². The van der Waals surface area contributed by atoms with Gasteiger partial charge in [0.05, 0.1) is 46.8 Å². The van der Waals surface area contributed by atoms with Gasteiger partial charge in [-0.3, -0.25) is 0 Å². The Morgan fingerprint density at radius 3 is 2.05 bits per heavy atom. The third kappa shape index (κ3) is 4.92. The van der Waals surface area contributed by atoms with Gasteiger partial charge in [0, 0.05) is 11.8 Å². The van der Waals surface area contributed by atoms with Crippen LogP contribution >= 0.6 is 0 Å². The average Bonchev–Trinajstić information content (AvgIpc) is 3.55. The van der Waals surface area contributed by atoms with Crippen molar-refractivity contribution in [2.24, 2.45) is 11.8 Å². The van der Waals surface area contributed by atoms with Crippen molar-refractivity contribution in [3.63, 3.8) is 0 Å². The molecular weight excluding hydrogens is 532 g/mol. The van der Waals surface area contributed by atoms with E-state index in [1.807, 2.05) is 0 Å². The molecule has 0 saturated carbocycles. The maximum Gasteiger partial charge on any atom is 0.200 e. The summed E-state index contributed by atoms with van der Waals surface area (Å²) in [5.41, 5.74) is 1.28. The molecule has 0 aliphatic carbocycles. The van der Waals surface area contributed by atoms with Crippen LogP contribution in [0.1, 0.15) is 23.3 Å². The van der Waals surface area contributed by atoms with Gasteiger partial charge in [-0.1, -0.05) is 6.07 Å². The number of hydrogen-bond acceptors (Lipinski definition) is 13. The monoisotopic (exact) mass is 566 g/mol. The van der Waals surface area contributed by atoms with Gasteiger partial charge in [0.15, 0.2) is 35.6 Å². The van der Waals surface area contributed by atoms with E-state index >= 15 is 0 Å². The molecule has 3 aliphatic heterocycles. The Morgan fingerprint density at radius 2 is 1.43 bits per heavy atom. The highest BCUT2D eigenvalue weighted by Crippen LogP contribution is 2.55. The molecule has 0 radical (unpaired) electrons. The van der Waals surface area contributed by atoms with Gasteiger partial charge in [-0.2, -0.15) is 0 Å². The summed E-state index contributed by atoms with van der Waals surface area (Å²) >= 11 is 0. The first-order valence-corrected chi connectivity index (χ1v) is 12.8. The minimum absolute atomic E-state index is 0.0428. The Hall–Kier alpha value is -2.88. The molecule has 0 aromatic heterocycles. The molecule has 3 heterocycles. The predicted molar refractivity (Wildman–Crippen MR) is 134 cm³/mol. The third-order valence-corrected chi connectivity index (χ3v) is 7.78. The first kappa shape index (κ1) is 28.6. The summed E-state index contributed by atoms with van der Waals surface area (Å²) in [6.07, 6.45) is -9.73. The molecule has 0 bridgehead atoms. The topological polar surface area (TPSA) is 186 Å². The molecule has 6 N–H and O–H groups in total. The minimum atomic E-state index is -1.64. The Bertz CT molecular complexity index is 1160. The summed E-state index contributed by atoms with van der Waals surface area (Å²) in [4.78, 5) is 0. The molecule has 3 aliphatic rings. The lowest BCUT2D eigenvalue weighted by molar-refractivity contribution is -0.341. The molecule has 10 atom stereocenters. The summed E-state index contributed by atoms with van der Waals surface area (Å²) in [7, 11) is 4.26. The van der Waals surface area contributed by atoms with E-state index in [4.69, 9.17) is 33.2 Å². The van der Waals surface area contributed by atoms with Gasteiger partial charge in [0.2, 0.25) is 5.75 Å². The van der Waals surface area contributed by atoms with Gasteiger partial charge in [-0.15, -0.1) is 0 Å². The summed E-state index contributed by atoms with van der Waals surface area (Å²) < 4.78 is 40.2. The van der Waals surface area contributed by atoms with Gasteiger partial charge >= 0.3 is 0 Å². The zero-order valence-electron chi connectivity index (χ0n) is 22.1. The van der Waals surface area contributed by atoms with Crippen molar-refractivity contribution in [1.82, 2.24) is 0 Å². The van der Waals surface area contributed by atoms with Crippen molar-refractivity contribution in [2.45, 2.75) is 49.2 Å². The number of aliphatic hydroxyl groups excluding tert-OH is 4. The van der Waals surface area contributed by atoms with Crippen LogP contribution in [0.25, 0.3) is 0 Å². The highest BCUT2D eigenvalue weighted by Gasteiger charge is 2.56. The van der Waals surface area contributed by atoms with Crippen molar-refractivity contribution in [1.29, 1.82) is 0 Å². The Morgan fingerprint density at radius 1 is 0.775 bits per heavy atom. The van der Waals surface area contributed by atoms with Gasteiger partial charge < -0.3 is 63.8 Å². The van der Waals surface area contributed by atoms with Crippen LogP contribution in [0.2, 0.25) is 0 Å². The third-order valence-electron chi connectivity index (χ3n) is 7.78. The van der Waals surface area contributed by atoms with Crippen LogP contribution < -0.4 is 14.2 Å². The molecule has 3 saturated heterocycles. The van der Waals surface area contributed by atoms with Crippen molar-refractivity contribution in [3.8, 4) is 28.7 Å². The van der Waals surface area contributed by atoms with Crippen LogP contribution in [0.4, 0.5) is 0 Å². The maximum absolute atomic E-state index is 10.6. The molecule has 3 fully saturated rings. The molecule has 13 heteroatoms. The fourth-order valence-corrected chi connectivity index (χ4v) is 5.66. The lowest BCUT2D eigenvalue weighted by Crippen LogP contribution is -2.60. The average molecular weight is 567 g/mol. The predicted octanol–water partition coefficient (Wildman–Crippen LogP) is 0.341. The second-order valence-electron chi connectivity index (χ2n) is 9.96. The standard InChI is InChI=1S/C27H34O13/c1-34-15-6-11(4-5-14(15)29)25-19-13(10-37-25)24(12-7-16(35-2)20(30)17(8-12)36-3)39-26(19)40-27-23(33)22(32)21(31)18(9-28)38-27/h4-8,13,18-19,21-33H,9-10H2,1-3H3/t13-,18+,19-,21+,22-,23+,24-,25+,26+,27-/m0/s1. The second kappa shape index (κ2) is 11.5. The second-order valence-corrected chi connectivity index (χ2v) is 9.96. The molecule has 5 rings (SSSR count). The molecular formula is C27H34O13. The summed E-state index contributed by atoms with van der Waals surface area (Å²) in [5, 5.41) is 61.2. The molecule has 2 aromatic carbocycles. The number of aromatic hydroxyl groups is 2. The number of rotatable bonds is 8. The van der Waals surface area contributed by atoms with Gasteiger partial charge in [0.25, 0.3) is 0 Å². The van der Waals surface area contributed by atoms with Crippen molar-refractivity contribution < 1.29 is 63.8 Å². The highest BCUT2D eigenvalue weighted by atomic mass is 16.8. The number of fused-ring (bicyclic) bond motifs is 1. The van der Waals surface area contributed by atoms with Crippen LogP contribution in [0.15, 0.2) is 30.3 Å². The van der Waals surface area contributed by atoms with E-state index in [2.05, 4.69) is 0 Å². The maximum atomic E-state index is 10.6. The van der Waals surface area contributed by atoms with Crippen molar-refractivity contribution in [2.75, 3.05) is 34.5 Å². The quantitative estimate of drug-likeness (QED) is 0.257. The lowest BCUT2D eigenvalue weighted by Gasteiger charge is -2.41. The van der Waals surface area contributed by atoms with Crippen molar-refractivity contribution in [3.05, 3.63) is 41.5 Å². The van der Waals surface area contributed by atoms with Crippen LogP contribution in [0.3, 0.4) is 0 Å². The number of phenols is 2. The zero-order valence-corrected chi connectivity index (χ0v) is 22.1. The van der Waals surface area contributed by atoms with Crippen LogP contribution in [0.5, 0.6) is 28.7 Å². The van der Waals surface area contributed by atoms with E-state index in [1.165, 1.54) is 27.4 Å². The summed E-state index contributed by atoms with van der Waals surface area (Å²) in [6.45, 7) is -0.375. The fraction of sp³-hybridized carbons (Fsp3) is 0.556. The minimum Gasteiger partial charge on any atom is -0.504 e. The van der Waals surface area contributed by atoms with Crippen LogP contribution in [0, 0.1) is 11.8 Å². The van der Waals surface area contributed by atoms with E-state index in [0.717, 1.165) is 0 Å². The molecule has 40 heavy (non-hydrogen) atoms. The van der Waals surface area contributed by atoms with E-state index in [-0.39, 0.29) is 41.3 Å². The van der Waals surface area contributed by atoms with Crippen molar-refractivity contribution >= 4 is 0 Å². The number of hydrogen-bond donors (Lipinski definition) is 6. The van der Waals surface area contributed by atoms with Crippen LogP contribution in [-0.2, 0) is 18.9 Å². The molecule has 0 unspecified atom stereocenters. The summed E-state index contributed by atoms with van der Waals surface area (Å²) in [5.74, 6) is -0.415. The smallest absolute Gasteiger partial charge is 0.200 e. The number of methoxy groups -OCH3 is 3. The van der Waals surface area contributed by atoms with E-state index in [9.17, 15) is 30.6 Å². The number of ether oxygens (including phenoxy) is 7. The highest BCUT2D eigenvalue weighted by molar-refractivity contribution is 5.53. The molecule has 13 nitrogen and oxygen atoms in total. The van der Waals surface area contributed by atoms with E-state index < -0.39 is 61.7 Å². The zero-order chi connectivity index (χ0) is 28.7. The van der Waals surface area contributed by atoms with Gasteiger partial charge in [-0.05, 0) is 35.4 Å². The Balaban J connectivity index is 1.51. The number of phenolic OH excluding ortho intramolecular Hbond substituents is 2. The first-order valence-electron chi connectivity index (χ1n) is 12.8.